The normalized spacial score (nSPS) is 10.8. The molecular formula is C6H10N2S2. The molecule has 0 unspecified atom stereocenters. The molecule has 0 saturated heterocycles. The van der Waals surface area contributed by atoms with E-state index in [0.29, 0.717) is 11.7 Å². The first kappa shape index (κ1) is 8.01. The lowest BCUT2D eigenvalue weighted by molar-refractivity contribution is 0.795. The minimum Gasteiger partial charge on any atom is -0.223 e. The van der Waals surface area contributed by atoms with Gasteiger partial charge in [0.15, 0.2) is 0 Å². The van der Waals surface area contributed by atoms with E-state index in [4.69, 9.17) is 0 Å². The molecule has 0 aliphatic heterocycles. The lowest BCUT2D eigenvalue weighted by atomic mass is 10.2. The zero-order chi connectivity index (χ0) is 7.56. The monoisotopic (exact) mass is 174 g/mol. The van der Waals surface area contributed by atoms with E-state index in [0.717, 1.165) is 10.8 Å². The van der Waals surface area contributed by atoms with Gasteiger partial charge in [-0.05, 0) is 11.5 Å². The topological polar surface area (TPSA) is 25.8 Å². The summed E-state index contributed by atoms with van der Waals surface area (Å²) in [5.41, 5.74) is 0. The molecule has 0 aliphatic rings. The van der Waals surface area contributed by atoms with Crippen LogP contribution in [0.25, 0.3) is 0 Å². The largest absolute Gasteiger partial charge is 0.223 e. The first-order valence-electron chi connectivity index (χ1n) is 3.17. The van der Waals surface area contributed by atoms with Gasteiger partial charge in [-0.3, -0.25) is 0 Å². The molecule has 0 amide bonds. The summed E-state index contributed by atoms with van der Waals surface area (Å²) in [4.78, 5) is 4.26. The van der Waals surface area contributed by atoms with Crippen molar-refractivity contribution in [2.45, 2.75) is 25.5 Å². The van der Waals surface area contributed by atoms with Gasteiger partial charge in [-0.15, -0.1) is 0 Å². The summed E-state index contributed by atoms with van der Waals surface area (Å²) in [6, 6.07) is 0. The molecule has 0 saturated carbocycles. The van der Waals surface area contributed by atoms with Gasteiger partial charge in [0, 0.05) is 11.7 Å². The van der Waals surface area contributed by atoms with Crippen LogP contribution in [-0.2, 0) is 5.75 Å². The maximum Gasteiger partial charge on any atom is 0.145 e. The Labute approximate surface area is 70.3 Å². The molecule has 1 rings (SSSR count). The van der Waals surface area contributed by atoms with Crippen LogP contribution in [0.2, 0.25) is 0 Å². The standard InChI is InChI=1S/C6H10N2S2/c1-4(2)6-7-5(3-9)10-8-6/h4,9H,3H2,1-2H3. The maximum absolute atomic E-state index is 4.26. The molecule has 1 aromatic rings. The van der Waals surface area contributed by atoms with E-state index < -0.39 is 0 Å². The quantitative estimate of drug-likeness (QED) is 0.695. The molecule has 0 aromatic carbocycles. The van der Waals surface area contributed by atoms with Crippen molar-refractivity contribution in [2.24, 2.45) is 0 Å². The first-order chi connectivity index (χ1) is 4.74. The van der Waals surface area contributed by atoms with Crippen LogP contribution in [-0.4, -0.2) is 9.36 Å². The van der Waals surface area contributed by atoms with Crippen molar-refractivity contribution in [1.29, 1.82) is 0 Å². The van der Waals surface area contributed by atoms with Crippen molar-refractivity contribution in [2.75, 3.05) is 0 Å². The number of hydrogen-bond donors (Lipinski definition) is 1. The molecular weight excluding hydrogens is 164 g/mol. The lowest BCUT2D eigenvalue weighted by Gasteiger charge is -1.93. The van der Waals surface area contributed by atoms with Gasteiger partial charge in [0.1, 0.15) is 10.8 Å². The van der Waals surface area contributed by atoms with Crippen molar-refractivity contribution in [3.8, 4) is 0 Å². The molecule has 56 valence electrons. The first-order valence-corrected chi connectivity index (χ1v) is 4.58. The van der Waals surface area contributed by atoms with Crippen LogP contribution in [0.15, 0.2) is 0 Å². The SMILES string of the molecule is CC(C)c1nsc(CS)n1. The third kappa shape index (κ3) is 1.70. The Morgan fingerprint density at radius 2 is 2.30 bits per heavy atom. The Bertz CT molecular complexity index is 207. The van der Waals surface area contributed by atoms with Crippen molar-refractivity contribution < 1.29 is 0 Å². The fourth-order valence-electron chi connectivity index (χ4n) is 0.567. The van der Waals surface area contributed by atoms with Gasteiger partial charge in [0.25, 0.3) is 0 Å². The Morgan fingerprint density at radius 1 is 1.60 bits per heavy atom. The second kappa shape index (κ2) is 3.34. The van der Waals surface area contributed by atoms with Crippen LogP contribution < -0.4 is 0 Å². The average molecular weight is 174 g/mol. The number of aromatic nitrogens is 2. The minimum atomic E-state index is 0.435. The van der Waals surface area contributed by atoms with Crippen molar-refractivity contribution in [3.05, 3.63) is 10.8 Å². The number of nitrogens with zero attached hydrogens (tertiary/aromatic N) is 2. The fraction of sp³-hybridized carbons (Fsp3) is 0.667. The summed E-state index contributed by atoms with van der Waals surface area (Å²) >= 11 is 5.54. The molecule has 2 nitrogen and oxygen atoms in total. The van der Waals surface area contributed by atoms with E-state index in [2.05, 4.69) is 35.8 Å². The van der Waals surface area contributed by atoms with Gasteiger partial charge in [-0.25, -0.2) is 4.98 Å². The third-order valence-electron chi connectivity index (χ3n) is 1.14. The van der Waals surface area contributed by atoms with Gasteiger partial charge in [-0.2, -0.15) is 17.0 Å². The Kier molecular flexibility index (Phi) is 2.68. The molecule has 4 heteroatoms. The molecule has 0 aliphatic carbocycles. The summed E-state index contributed by atoms with van der Waals surface area (Å²) in [5.74, 6) is 2.07. The molecule has 0 N–H and O–H groups in total. The zero-order valence-electron chi connectivity index (χ0n) is 6.03. The van der Waals surface area contributed by atoms with Gasteiger partial charge in [0.05, 0.1) is 0 Å². The van der Waals surface area contributed by atoms with Gasteiger partial charge < -0.3 is 0 Å². The Balaban J connectivity index is 2.78. The molecule has 10 heavy (non-hydrogen) atoms. The highest BCUT2D eigenvalue weighted by Crippen LogP contribution is 2.14. The molecule has 0 atom stereocenters. The zero-order valence-corrected chi connectivity index (χ0v) is 7.75. The summed E-state index contributed by atoms with van der Waals surface area (Å²) in [5, 5.41) is 1.01. The molecule has 0 fully saturated rings. The van der Waals surface area contributed by atoms with Gasteiger partial charge in [-0.1, -0.05) is 13.8 Å². The highest BCUT2D eigenvalue weighted by Gasteiger charge is 2.05. The van der Waals surface area contributed by atoms with E-state index in [1.54, 1.807) is 0 Å². The highest BCUT2D eigenvalue weighted by atomic mass is 32.1. The van der Waals surface area contributed by atoms with E-state index >= 15 is 0 Å². The van der Waals surface area contributed by atoms with Crippen LogP contribution in [0.1, 0.15) is 30.6 Å². The van der Waals surface area contributed by atoms with Crippen LogP contribution in [0, 0.1) is 0 Å². The van der Waals surface area contributed by atoms with E-state index in [1.807, 2.05) is 0 Å². The van der Waals surface area contributed by atoms with E-state index in [9.17, 15) is 0 Å². The third-order valence-corrected chi connectivity index (χ3v) is 2.37. The van der Waals surface area contributed by atoms with Gasteiger partial charge in [0.2, 0.25) is 0 Å². The van der Waals surface area contributed by atoms with Crippen molar-refractivity contribution in [1.82, 2.24) is 9.36 Å². The Hall–Kier alpha value is -0.0900. The summed E-state index contributed by atoms with van der Waals surface area (Å²) in [6.45, 7) is 4.18. The summed E-state index contributed by atoms with van der Waals surface area (Å²) < 4.78 is 4.17. The smallest absolute Gasteiger partial charge is 0.145 e. The summed E-state index contributed by atoms with van der Waals surface area (Å²) in [7, 11) is 0. The van der Waals surface area contributed by atoms with E-state index in [1.165, 1.54) is 11.5 Å². The molecule has 1 heterocycles. The number of thiol groups is 1. The predicted octanol–water partition coefficient (Wildman–Crippen LogP) is 2.09. The molecule has 0 bridgehead atoms. The molecule has 1 aromatic heterocycles. The lowest BCUT2D eigenvalue weighted by Crippen LogP contribution is -1.89. The van der Waals surface area contributed by atoms with Crippen molar-refractivity contribution >= 4 is 24.2 Å². The summed E-state index contributed by atoms with van der Waals surface area (Å²) in [6.07, 6.45) is 0. The van der Waals surface area contributed by atoms with Crippen LogP contribution in [0.3, 0.4) is 0 Å². The molecule has 0 radical (unpaired) electrons. The average Bonchev–Trinajstić information content (AvgIpc) is 2.34. The van der Waals surface area contributed by atoms with Crippen LogP contribution in [0.4, 0.5) is 0 Å². The van der Waals surface area contributed by atoms with Gasteiger partial charge >= 0.3 is 0 Å². The second-order valence-corrected chi connectivity index (χ2v) is 3.51. The minimum absolute atomic E-state index is 0.435. The molecule has 0 spiro atoms. The second-order valence-electron chi connectivity index (χ2n) is 2.36. The van der Waals surface area contributed by atoms with E-state index in [-0.39, 0.29) is 0 Å². The van der Waals surface area contributed by atoms with Crippen molar-refractivity contribution in [3.63, 3.8) is 0 Å². The number of hydrogen-bond acceptors (Lipinski definition) is 4. The van der Waals surface area contributed by atoms with Crippen LogP contribution in [0.5, 0.6) is 0 Å². The predicted molar refractivity (Wildman–Crippen MR) is 46.7 cm³/mol. The fourth-order valence-corrected chi connectivity index (χ4v) is 1.45. The Morgan fingerprint density at radius 3 is 2.60 bits per heavy atom. The number of rotatable bonds is 2. The van der Waals surface area contributed by atoms with Crippen LogP contribution >= 0.6 is 24.2 Å². The highest BCUT2D eigenvalue weighted by molar-refractivity contribution is 7.79. The maximum atomic E-state index is 4.26.